The van der Waals surface area contributed by atoms with Crippen LogP contribution in [0.15, 0.2) is 36.5 Å². The molecule has 3 nitrogen and oxygen atoms in total. The summed E-state index contributed by atoms with van der Waals surface area (Å²) in [6, 6.07) is 9.93. The van der Waals surface area contributed by atoms with Crippen molar-refractivity contribution >= 4 is 5.97 Å². The van der Waals surface area contributed by atoms with Crippen LogP contribution in [0, 0.1) is 6.92 Å². The van der Waals surface area contributed by atoms with Gasteiger partial charge in [0.25, 0.3) is 0 Å². The number of carbonyl (C=O) groups excluding carboxylic acids is 1. The molecule has 3 heteroatoms. The van der Waals surface area contributed by atoms with E-state index in [-0.39, 0.29) is 5.97 Å². The minimum Gasteiger partial charge on any atom is -0.462 e. The average Bonchev–Trinajstić information content (AvgIpc) is 2.72. The maximum absolute atomic E-state index is 11.7. The maximum atomic E-state index is 11.7. The maximum Gasteiger partial charge on any atom is 0.339 e. The standard InChI is InChI=1S/C14H15NO2/c1-3-17-14(16)12-9-15-13(10(12)2)11-7-5-4-6-8-11/h4-9,15H,3H2,1-2H3. The lowest BCUT2D eigenvalue weighted by Gasteiger charge is -2.02. The molecule has 0 unspecified atom stereocenters. The fourth-order valence-corrected chi connectivity index (χ4v) is 1.82. The molecule has 1 aromatic carbocycles. The van der Waals surface area contributed by atoms with Crippen molar-refractivity contribution in [3.05, 3.63) is 47.7 Å². The SMILES string of the molecule is CCOC(=O)c1c[nH]c(-c2ccccc2)c1C. The number of hydrogen-bond donors (Lipinski definition) is 1. The van der Waals surface area contributed by atoms with E-state index in [2.05, 4.69) is 4.98 Å². The van der Waals surface area contributed by atoms with Crippen molar-refractivity contribution in [2.75, 3.05) is 6.61 Å². The number of ether oxygens (including phenoxy) is 1. The fraction of sp³-hybridized carbons (Fsp3) is 0.214. The average molecular weight is 229 g/mol. The highest BCUT2D eigenvalue weighted by Crippen LogP contribution is 2.24. The first-order valence-electron chi connectivity index (χ1n) is 5.64. The van der Waals surface area contributed by atoms with Crippen molar-refractivity contribution in [1.82, 2.24) is 4.98 Å². The summed E-state index contributed by atoms with van der Waals surface area (Å²) in [5, 5.41) is 0. The predicted octanol–water partition coefficient (Wildman–Crippen LogP) is 3.17. The van der Waals surface area contributed by atoms with Crippen LogP contribution in [0.4, 0.5) is 0 Å². The number of aromatic nitrogens is 1. The molecule has 0 aliphatic heterocycles. The molecule has 0 atom stereocenters. The van der Waals surface area contributed by atoms with E-state index in [1.54, 1.807) is 13.1 Å². The van der Waals surface area contributed by atoms with Gasteiger partial charge in [0, 0.05) is 11.9 Å². The predicted molar refractivity (Wildman–Crippen MR) is 66.9 cm³/mol. The van der Waals surface area contributed by atoms with E-state index in [1.165, 1.54) is 0 Å². The molecule has 17 heavy (non-hydrogen) atoms. The Hall–Kier alpha value is -2.03. The number of hydrogen-bond acceptors (Lipinski definition) is 2. The van der Waals surface area contributed by atoms with E-state index in [0.717, 1.165) is 16.8 Å². The summed E-state index contributed by atoms with van der Waals surface area (Å²) in [5.74, 6) is -0.275. The van der Waals surface area contributed by atoms with Gasteiger partial charge in [0.1, 0.15) is 0 Å². The molecular formula is C14H15NO2. The summed E-state index contributed by atoms with van der Waals surface area (Å²) in [5.41, 5.74) is 3.56. The van der Waals surface area contributed by atoms with Gasteiger partial charge in [-0.1, -0.05) is 30.3 Å². The second-order valence-electron chi connectivity index (χ2n) is 3.79. The van der Waals surface area contributed by atoms with Crippen LogP contribution >= 0.6 is 0 Å². The van der Waals surface area contributed by atoms with Crippen LogP contribution < -0.4 is 0 Å². The van der Waals surface area contributed by atoms with Crippen molar-refractivity contribution < 1.29 is 9.53 Å². The van der Waals surface area contributed by atoms with Gasteiger partial charge in [0.05, 0.1) is 12.2 Å². The molecule has 0 fully saturated rings. The van der Waals surface area contributed by atoms with Gasteiger partial charge < -0.3 is 9.72 Å². The molecular weight excluding hydrogens is 214 g/mol. The number of aromatic amines is 1. The second kappa shape index (κ2) is 4.87. The number of rotatable bonds is 3. The molecule has 2 rings (SSSR count). The first kappa shape index (κ1) is 11.5. The van der Waals surface area contributed by atoms with E-state index >= 15 is 0 Å². The quantitative estimate of drug-likeness (QED) is 0.821. The monoisotopic (exact) mass is 229 g/mol. The molecule has 0 radical (unpaired) electrons. The molecule has 0 saturated carbocycles. The fourth-order valence-electron chi connectivity index (χ4n) is 1.82. The van der Waals surface area contributed by atoms with Gasteiger partial charge in [0.15, 0.2) is 0 Å². The zero-order valence-corrected chi connectivity index (χ0v) is 9.99. The lowest BCUT2D eigenvalue weighted by molar-refractivity contribution is 0.0526. The summed E-state index contributed by atoms with van der Waals surface area (Å²) in [7, 11) is 0. The summed E-state index contributed by atoms with van der Waals surface area (Å²) < 4.78 is 5.00. The number of esters is 1. The van der Waals surface area contributed by atoms with Gasteiger partial charge in [-0.2, -0.15) is 0 Å². The summed E-state index contributed by atoms with van der Waals surface area (Å²) in [6.45, 7) is 4.12. The van der Waals surface area contributed by atoms with Crippen LogP contribution in [0.25, 0.3) is 11.3 Å². The number of carbonyl (C=O) groups is 1. The molecule has 0 amide bonds. The third kappa shape index (κ3) is 2.23. The third-order valence-corrected chi connectivity index (χ3v) is 2.70. The molecule has 0 saturated heterocycles. The van der Waals surface area contributed by atoms with Crippen molar-refractivity contribution in [2.45, 2.75) is 13.8 Å². The van der Waals surface area contributed by atoms with E-state index in [0.29, 0.717) is 12.2 Å². The molecule has 1 heterocycles. The van der Waals surface area contributed by atoms with Crippen LogP contribution in [0.3, 0.4) is 0 Å². The Balaban J connectivity index is 2.37. The Labute approximate surface area is 100 Å². The van der Waals surface area contributed by atoms with Gasteiger partial charge in [-0.15, -0.1) is 0 Å². The highest BCUT2D eigenvalue weighted by Gasteiger charge is 2.15. The van der Waals surface area contributed by atoms with Crippen LogP contribution in [-0.2, 0) is 4.74 Å². The minimum absolute atomic E-state index is 0.275. The van der Waals surface area contributed by atoms with Gasteiger partial charge in [-0.05, 0) is 25.0 Å². The Bertz CT molecular complexity index is 514. The highest BCUT2D eigenvalue weighted by atomic mass is 16.5. The van der Waals surface area contributed by atoms with Crippen LogP contribution in [-0.4, -0.2) is 17.6 Å². The van der Waals surface area contributed by atoms with E-state index < -0.39 is 0 Å². The third-order valence-electron chi connectivity index (χ3n) is 2.70. The molecule has 0 bridgehead atoms. The van der Waals surface area contributed by atoms with E-state index in [1.807, 2.05) is 37.3 Å². The van der Waals surface area contributed by atoms with Gasteiger partial charge in [0.2, 0.25) is 0 Å². The van der Waals surface area contributed by atoms with Gasteiger partial charge >= 0.3 is 5.97 Å². The Kier molecular flexibility index (Phi) is 3.28. The van der Waals surface area contributed by atoms with E-state index in [9.17, 15) is 4.79 Å². The second-order valence-corrected chi connectivity index (χ2v) is 3.79. The normalized spacial score (nSPS) is 10.2. The molecule has 0 aliphatic rings. The first-order valence-corrected chi connectivity index (χ1v) is 5.64. The van der Waals surface area contributed by atoms with E-state index in [4.69, 9.17) is 4.74 Å². The zero-order chi connectivity index (χ0) is 12.3. The van der Waals surface area contributed by atoms with Crippen LogP contribution in [0.5, 0.6) is 0 Å². The molecule has 1 N–H and O–H groups in total. The Morgan fingerprint density at radius 1 is 1.29 bits per heavy atom. The molecule has 0 aliphatic carbocycles. The van der Waals surface area contributed by atoms with Gasteiger partial charge in [-0.25, -0.2) is 4.79 Å². The Morgan fingerprint density at radius 2 is 2.00 bits per heavy atom. The lowest BCUT2D eigenvalue weighted by Crippen LogP contribution is -2.04. The van der Waals surface area contributed by atoms with Crippen molar-refractivity contribution in [3.8, 4) is 11.3 Å². The smallest absolute Gasteiger partial charge is 0.339 e. The summed E-state index contributed by atoms with van der Waals surface area (Å²) >= 11 is 0. The summed E-state index contributed by atoms with van der Waals surface area (Å²) in [4.78, 5) is 14.8. The number of nitrogens with one attached hydrogen (secondary N) is 1. The zero-order valence-electron chi connectivity index (χ0n) is 9.99. The number of benzene rings is 1. The first-order chi connectivity index (χ1) is 8.24. The highest BCUT2D eigenvalue weighted by molar-refractivity contribution is 5.93. The van der Waals surface area contributed by atoms with Crippen molar-refractivity contribution in [3.63, 3.8) is 0 Å². The number of H-pyrrole nitrogens is 1. The van der Waals surface area contributed by atoms with Gasteiger partial charge in [-0.3, -0.25) is 0 Å². The van der Waals surface area contributed by atoms with Crippen molar-refractivity contribution in [2.24, 2.45) is 0 Å². The van der Waals surface area contributed by atoms with Crippen molar-refractivity contribution in [1.29, 1.82) is 0 Å². The molecule has 2 aromatic rings. The lowest BCUT2D eigenvalue weighted by atomic mass is 10.1. The molecule has 88 valence electrons. The topological polar surface area (TPSA) is 42.1 Å². The largest absolute Gasteiger partial charge is 0.462 e. The summed E-state index contributed by atoms with van der Waals surface area (Å²) in [6.07, 6.45) is 1.70. The Morgan fingerprint density at radius 3 is 2.65 bits per heavy atom. The molecule has 1 aromatic heterocycles. The molecule has 0 spiro atoms. The minimum atomic E-state index is -0.275. The van der Waals surface area contributed by atoms with Crippen LogP contribution in [0.1, 0.15) is 22.8 Å². The van der Waals surface area contributed by atoms with Crippen LogP contribution in [0.2, 0.25) is 0 Å².